The number of fused-ring (bicyclic) bond motifs is 1. The maximum Gasteiger partial charge on any atom is 0.332 e. The van der Waals surface area contributed by atoms with Crippen molar-refractivity contribution in [2.75, 3.05) is 14.1 Å². The molecule has 0 bridgehead atoms. The lowest BCUT2D eigenvalue weighted by molar-refractivity contribution is 0.301. The van der Waals surface area contributed by atoms with E-state index in [0.717, 1.165) is 4.57 Å². The predicted molar refractivity (Wildman–Crippen MR) is 88.3 cm³/mol. The van der Waals surface area contributed by atoms with Crippen LogP contribution < -0.4 is 11.2 Å². The minimum absolute atomic E-state index is 0. The Morgan fingerprint density at radius 1 is 1.21 bits per heavy atom. The molecular weight excluding hydrogens is 338 g/mol. The van der Waals surface area contributed by atoms with Crippen LogP contribution in [-0.2, 0) is 27.2 Å². The third kappa shape index (κ3) is 2.97. The molecule has 3 aromatic rings. The summed E-state index contributed by atoms with van der Waals surface area (Å²) in [5.74, 6) is 0.937. The quantitative estimate of drug-likeness (QED) is 0.612. The maximum absolute atomic E-state index is 12.3. The molecule has 11 heteroatoms. The van der Waals surface area contributed by atoms with Gasteiger partial charge in [0.15, 0.2) is 17.0 Å². The van der Waals surface area contributed by atoms with E-state index in [0.29, 0.717) is 29.4 Å². The van der Waals surface area contributed by atoms with E-state index < -0.39 is 11.2 Å². The molecule has 0 N–H and O–H groups in total. The summed E-state index contributed by atoms with van der Waals surface area (Å²) >= 11 is 0. The van der Waals surface area contributed by atoms with Crippen molar-refractivity contribution in [1.82, 2.24) is 33.7 Å². The molecule has 0 unspecified atom stereocenters. The van der Waals surface area contributed by atoms with E-state index in [1.807, 2.05) is 19.0 Å². The van der Waals surface area contributed by atoms with Crippen LogP contribution >= 0.6 is 12.4 Å². The zero-order valence-corrected chi connectivity index (χ0v) is 14.6. The number of halogens is 1. The topological polar surface area (TPSA) is 104 Å². The van der Waals surface area contributed by atoms with Crippen LogP contribution in [0.25, 0.3) is 11.2 Å². The van der Waals surface area contributed by atoms with Gasteiger partial charge >= 0.3 is 5.69 Å². The van der Waals surface area contributed by atoms with Crippen LogP contribution in [0.2, 0.25) is 0 Å². The lowest BCUT2D eigenvalue weighted by Crippen LogP contribution is -2.37. The Morgan fingerprint density at radius 3 is 2.58 bits per heavy atom. The first-order chi connectivity index (χ1) is 10.9. The normalized spacial score (nSPS) is 11.2. The number of hydrogen-bond donors (Lipinski definition) is 0. The monoisotopic (exact) mass is 355 g/mol. The molecule has 0 spiro atoms. The molecule has 3 aromatic heterocycles. The van der Waals surface area contributed by atoms with Crippen molar-refractivity contribution in [2.45, 2.75) is 13.1 Å². The predicted octanol–water partition coefficient (Wildman–Crippen LogP) is -0.652. The van der Waals surface area contributed by atoms with Gasteiger partial charge in [-0.2, -0.15) is 4.98 Å². The van der Waals surface area contributed by atoms with Crippen LogP contribution in [0.3, 0.4) is 0 Å². The van der Waals surface area contributed by atoms with Crippen molar-refractivity contribution >= 4 is 23.6 Å². The summed E-state index contributed by atoms with van der Waals surface area (Å²) in [4.78, 5) is 34.6. The molecular formula is C13H18ClN7O3. The SMILES string of the molecule is CN(C)Cc1nc(Cn2cnc3c2c(=O)n(C)c(=O)n3C)no1.Cl. The summed E-state index contributed by atoms with van der Waals surface area (Å²) in [7, 11) is 6.81. The number of aryl methyl sites for hydroxylation is 1. The Hall–Kier alpha value is -2.46. The molecule has 130 valence electrons. The molecule has 0 fully saturated rings. The fourth-order valence-corrected chi connectivity index (χ4v) is 2.36. The molecule has 0 saturated carbocycles. The molecule has 10 nitrogen and oxygen atoms in total. The van der Waals surface area contributed by atoms with Gasteiger partial charge in [0.25, 0.3) is 5.56 Å². The number of nitrogens with zero attached hydrogens (tertiary/aromatic N) is 7. The van der Waals surface area contributed by atoms with Gasteiger partial charge in [0.05, 0.1) is 19.4 Å². The minimum Gasteiger partial charge on any atom is -0.338 e. The Bertz CT molecular complexity index is 982. The summed E-state index contributed by atoms with van der Waals surface area (Å²) in [6.45, 7) is 0.773. The zero-order valence-electron chi connectivity index (χ0n) is 13.8. The van der Waals surface area contributed by atoms with E-state index in [1.54, 1.807) is 11.6 Å². The van der Waals surface area contributed by atoms with Crippen LogP contribution in [0.4, 0.5) is 0 Å². The molecule has 3 heterocycles. The number of hydrogen-bond acceptors (Lipinski definition) is 7. The second-order valence-electron chi connectivity index (χ2n) is 5.59. The lowest BCUT2D eigenvalue weighted by atomic mass is 10.4. The van der Waals surface area contributed by atoms with Gasteiger partial charge in [0, 0.05) is 14.1 Å². The first-order valence-corrected chi connectivity index (χ1v) is 6.95. The minimum atomic E-state index is -0.416. The highest BCUT2D eigenvalue weighted by Gasteiger charge is 2.16. The van der Waals surface area contributed by atoms with Gasteiger partial charge < -0.3 is 14.0 Å². The Balaban J connectivity index is 0.00000208. The summed E-state index contributed by atoms with van der Waals surface area (Å²) in [6, 6.07) is 0. The summed E-state index contributed by atoms with van der Waals surface area (Å²) in [6.07, 6.45) is 1.49. The van der Waals surface area contributed by atoms with E-state index in [1.165, 1.54) is 17.9 Å². The molecule has 0 radical (unpaired) electrons. The Kier molecular flexibility index (Phi) is 4.90. The van der Waals surface area contributed by atoms with Gasteiger partial charge in [-0.05, 0) is 14.1 Å². The summed E-state index contributed by atoms with van der Waals surface area (Å²) < 4.78 is 9.15. The number of aromatic nitrogens is 6. The van der Waals surface area contributed by atoms with Crippen LogP contribution in [-0.4, -0.2) is 47.8 Å². The molecule has 0 aliphatic rings. The van der Waals surface area contributed by atoms with Crippen LogP contribution in [0.1, 0.15) is 11.7 Å². The van der Waals surface area contributed by atoms with Gasteiger partial charge in [-0.3, -0.25) is 13.9 Å². The number of imidazole rings is 1. The Morgan fingerprint density at radius 2 is 1.92 bits per heavy atom. The molecule has 0 atom stereocenters. The van der Waals surface area contributed by atoms with E-state index in [2.05, 4.69) is 15.1 Å². The fourth-order valence-electron chi connectivity index (χ4n) is 2.36. The largest absolute Gasteiger partial charge is 0.338 e. The highest BCUT2D eigenvalue weighted by molar-refractivity contribution is 5.85. The van der Waals surface area contributed by atoms with E-state index in [4.69, 9.17) is 4.52 Å². The van der Waals surface area contributed by atoms with Crippen LogP contribution in [0, 0.1) is 0 Å². The van der Waals surface area contributed by atoms with E-state index in [9.17, 15) is 9.59 Å². The molecule has 0 aromatic carbocycles. The van der Waals surface area contributed by atoms with Crippen LogP contribution in [0.15, 0.2) is 20.4 Å². The first-order valence-electron chi connectivity index (χ1n) is 6.95. The zero-order chi connectivity index (χ0) is 16.7. The van der Waals surface area contributed by atoms with Crippen molar-refractivity contribution in [3.05, 3.63) is 38.9 Å². The third-order valence-electron chi connectivity index (χ3n) is 3.49. The molecule has 0 amide bonds. The van der Waals surface area contributed by atoms with Crippen molar-refractivity contribution in [2.24, 2.45) is 14.1 Å². The van der Waals surface area contributed by atoms with Gasteiger partial charge in [-0.15, -0.1) is 12.4 Å². The Labute approximate surface area is 142 Å². The van der Waals surface area contributed by atoms with Gasteiger partial charge in [0.1, 0.15) is 0 Å². The lowest BCUT2D eigenvalue weighted by Gasteiger charge is -2.05. The summed E-state index contributed by atoms with van der Waals surface area (Å²) in [5.41, 5.74) is -0.165. The van der Waals surface area contributed by atoms with Gasteiger partial charge in [-0.1, -0.05) is 5.16 Å². The number of rotatable bonds is 4. The second kappa shape index (κ2) is 6.57. The third-order valence-corrected chi connectivity index (χ3v) is 3.49. The first kappa shape index (κ1) is 17.9. The summed E-state index contributed by atoms with van der Waals surface area (Å²) in [5, 5.41) is 3.90. The molecule has 0 aliphatic carbocycles. The van der Waals surface area contributed by atoms with Crippen molar-refractivity contribution in [3.63, 3.8) is 0 Å². The maximum atomic E-state index is 12.3. The molecule has 24 heavy (non-hydrogen) atoms. The van der Waals surface area contributed by atoms with Gasteiger partial charge in [-0.25, -0.2) is 9.78 Å². The molecule has 0 aliphatic heterocycles. The highest BCUT2D eigenvalue weighted by Crippen LogP contribution is 2.08. The van der Waals surface area contributed by atoms with Crippen molar-refractivity contribution in [1.29, 1.82) is 0 Å². The van der Waals surface area contributed by atoms with Crippen molar-refractivity contribution in [3.8, 4) is 0 Å². The van der Waals surface area contributed by atoms with Gasteiger partial charge in [0.2, 0.25) is 5.89 Å². The highest BCUT2D eigenvalue weighted by atomic mass is 35.5. The smallest absolute Gasteiger partial charge is 0.332 e. The average Bonchev–Trinajstić information content (AvgIpc) is 3.10. The van der Waals surface area contributed by atoms with Crippen LogP contribution in [0.5, 0.6) is 0 Å². The fraction of sp³-hybridized carbons (Fsp3) is 0.462. The van der Waals surface area contributed by atoms with Crippen molar-refractivity contribution < 1.29 is 4.52 Å². The second-order valence-corrected chi connectivity index (χ2v) is 5.59. The average molecular weight is 356 g/mol. The molecule has 0 saturated heterocycles. The van der Waals surface area contributed by atoms with E-state index >= 15 is 0 Å². The standard InChI is InChI=1S/C13H17N7O3.ClH/c1-17(2)6-9-15-8(16-23-9)5-20-7-14-11-10(20)12(21)19(4)13(22)18(11)3;/h7H,5-6H2,1-4H3;1H. The van der Waals surface area contributed by atoms with E-state index in [-0.39, 0.29) is 19.0 Å². The molecule has 3 rings (SSSR count).